The highest BCUT2D eigenvalue weighted by atomic mass is 32.2. The number of ether oxygens (including phenoxy) is 1. The van der Waals surface area contributed by atoms with Crippen LogP contribution in [-0.4, -0.2) is 75.3 Å². The van der Waals surface area contributed by atoms with Gasteiger partial charge < -0.3 is 29.5 Å². The number of nitrogens with zero attached hydrogens (tertiary/aromatic N) is 3. The Bertz CT molecular complexity index is 2480. The first-order valence-electron chi connectivity index (χ1n) is 17.2. The number of oxazole rings is 1. The number of amides is 3. The van der Waals surface area contributed by atoms with Crippen molar-refractivity contribution in [3.05, 3.63) is 90.4 Å². The average Bonchev–Trinajstić information content (AvgIpc) is 3.76. The van der Waals surface area contributed by atoms with Crippen LogP contribution < -0.4 is 20.3 Å². The number of pyridine rings is 1. The summed E-state index contributed by atoms with van der Waals surface area (Å²) < 4.78 is 59.5. The molecule has 3 N–H and O–H groups in total. The molecule has 6 aromatic rings. The van der Waals surface area contributed by atoms with E-state index in [2.05, 4.69) is 30.7 Å². The molecule has 2 atom stereocenters. The van der Waals surface area contributed by atoms with Crippen LogP contribution in [-0.2, 0) is 19.6 Å². The number of anilines is 1. The third kappa shape index (κ3) is 8.13. The third-order valence-electron chi connectivity index (χ3n) is 8.86. The molecule has 0 bridgehead atoms. The van der Waals surface area contributed by atoms with Gasteiger partial charge in [0, 0.05) is 47.4 Å². The van der Waals surface area contributed by atoms with Crippen molar-refractivity contribution in [3.63, 3.8) is 0 Å². The lowest BCUT2D eigenvalue weighted by Gasteiger charge is -2.29. The lowest BCUT2D eigenvalue weighted by Crippen LogP contribution is -2.53. The fourth-order valence-corrected chi connectivity index (χ4v) is 7.20. The van der Waals surface area contributed by atoms with E-state index in [1.165, 1.54) is 44.5 Å². The lowest BCUT2D eigenvalue weighted by atomic mass is 9.97. The summed E-state index contributed by atoms with van der Waals surface area (Å²) >= 11 is 0. The molecule has 16 heteroatoms. The number of halogens is 1. The average molecular weight is 771 g/mol. The number of furan rings is 1. The Morgan fingerprint density at radius 3 is 2.29 bits per heavy atom. The van der Waals surface area contributed by atoms with Crippen LogP contribution in [0.4, 0.5) is 14.9 Å². The Morgan fingerprint density at radius 2 is 1.64 bits per heavy atom. The molecule has 0 aliphatic heterocycles. The van der Waals surface area contributed by atoms with Crippen LogP contribution in [0.3, 0.4) is 0 Å². The van der Waals surface area contributed by atoms with Crippen LogP contribution in [0.1, 0.15) is 31.1 Å². The number of aromatic nitrogens is 2. The van der Waals surface area contributed by atoms with Crippen LogP contribution >= 0.6 is 0 Å². The Hall–Kier alpha value is -6.29. The molecule has 3 aromatic carbocycles. The molecule has 3 amide bonds. The highest BCUT2D eigenvalue weighted by Crippen LogP contribution is 2.42. The van der Waals surface area contributed by atoms with Crippen molar-refractivity contribution in [1.29, 1.82) is 0 Å². The summed E-state index contributed by atoms with van der Waals surface area (Å²) in [6, 6.07) is 17.4. The van der Waals surface area contributed by atoms with Crippen LogP contribution in [0.25, 0.3) is 56.1 Å². The maximum atomic E-state index is 13.9. The van der Waals surface area contributed by atoms with Crippen molar-refractivity contribution in [1.82, 2.24) is 25.9 Å². The Labute approximate surface area is 316 Å². The first kappa shape index (κ1) is 38.4. The van der Waals surface area contributed by atoms with E-state index in [0.717, 1.165) is 10.6 Å². The van der Waals surface area contributed by atoms with E-state index < -0.39 is 45.8 Å². The summed E-state index contributed by atoms with van der Waals surface area (Å²) in [6.45, 7) is 4.89. The Kier molecular flexibility index (Phi) is 10.9. The molecule has 0 fully saturated rings. The lowest BCUT2D eigenvalue weighted by molar-refractivity contribution is -0.124. The van der Waals surface area contributed by atoms with Crippen LogP contribution in [0.2, 0.25) is 0 Å². The zero-order valence-electron chi connectivity index (χ0n) is 30.8. The Morgan fingerprint density at radius 1 is 0.909 bits per heavy atom. The number of methoxy groups -OCH3 is 1. The molecule has 2 unspecified atom stereocenters. The zero-order chi connectivity index (χ0) is 39.6. The van der Waals surface area contributed by atoms with Gasteiger partial charge in [0.1, 0.15) is 23.2 Å². The highest BCUT2D eigenvalue weighted by Gasteiger charge is 2.31. The molecule has 0 aliphatic rings. The van der Waals surface area contributed by atoms with Crippen molar-refractivity contribution in [3.8, 4) is 33.9 Å². The van der Waals surface area contributed by atoms with Gasteiger partial charge in [0.15, 0.2) is 11.2 Å². The van der Waals surface area contributed by atoms with Gasteiger partial charge in [-0.25, -0.2) is 22.6 Å². The number of alkyl carbamates (subject to hydrolysis) is 1. The molecule has 3 aromatic heterocycles. The van der Waals surface area contributed by atoms with Crippen molar-refractivity contribution in [2.24, 2.45) is 5.92 Å². The topological polar surface area (TPSA) is 186 Å². The van der Waals surface area contributed by atoms with Gasteiger partial charge in [-0.1, -0.05) is 26.0 Å². The monoisotopic (exact) mass is 770 g/mol. The van der Waals surface area contributed by atoms with E-state index in [1.807, 2.05) is 0 Å². The van der Waals surface area contributed by atoms with Gasteiger partial charge in [0.2, 0.25) is 21.8 Å². The molecule has 0 aliphatic carbocycles. The molecular weight excluding hydrogens is 732 g/mol. The number of hydrogen-bond donors (Lipinski definition) is 3. The summed E-state index contributed by atoms with van der Waals surface area (Å²) in [4.78, 5) is 47.6. The molecule has 3 heterocycles. The smallest absolute Gasteiger partial charge is 0.407 e. The fraction of sp³-hybridized carbons (Fsp3) is 0.256. The van der Waals surface area contributed by atoms with Crippen molar-refractivity contribution < 1.29 is 40.8 Å². The molecular formula is C39H39FN6O8S. The second-order valence-corrected chi connectivity index (χ2v) is 15.2. The third-order valence-corrected chi connectivity index (χ3v) is 10.0. The van der Waals surface area contributed by atoms with Crippen molar-refractivity contribution in [2.45, 2.75) is 32.9 Å². The molecule has 0 saturated heterocycles. The van der Waals surface area contributed by atoms with Gasteiger partial charge in [0.05, 0.1) is 31.2 Å². The number of carbonyl (C=O) groups excluding carboxylic acids is 3. The largest absolute Gasteiger partial charge is 0.455 e. The molecule has 6 rings (SSSR count). The van der Waals surface area contributed by atoms with Crippen molar-refractivity contribution >= 4 is 55.8 Å². The van der Waals surface area contributed by atoms with Gasteiger partial charge in [0.25, 0.3) is 5.91 Å². The van der Waals surface area contributed by atoms with Gasteiger partial charge >= 0.3 is 6.09 Å². The molecule has 14 nitrogen and oxygen atoms in total. The van der Waals surface area contributed by atoms with Crippen LogP contribution in [0, 0.1) is 11.7 Å². The van der Waals surface area contributed by atoms with E-state index in [9.17, 15) is 27.2 Å². The van der Waals surface area contributed by atoms with Gasteiger partial charge in [-0.05, 0) is 73.0 Å². The minimum Gasteiger partial charge on any atom is -0.455 e. The Balaban J connectivity index is 1.52. The van der Waals surface area contributed by atoms with E-state index in [0.29, 0.717) is 38.9 Å². The number of sulfonamides is 1. The maximum Gasteiger partial charge on any atom is 0.407 e. The normalized spacial score (nSPS) is 12.7. The van der Waals surface area contributed by atoms with Gasteiger partial charge in [-0.2, -0.15) is 4.98 Å². The fourth-order valence-electron chi connectivity index (χ4n) is 6.20. The van der Waals surface area contributed by atoms with Crippen LogP contribution in [0.5, 0.6) is 0 Å². The zero-order valence-corrected chi connectivity index (χ0v) is 31.7. The van der Waals surface area contributed by atoms with Gasteiger partial charge in [-0.3, -0.25) is 13.9 Å². The summed E-state index contributed by atoms with van der Waals surface area (Å²) in [6.07, 6.45) is 1.85. The summed E-state index contributed by atoms with van der Waals surface area (Å²) in [5.41, 5.74) is 3.29. The molecule has 55 heavy (non-hydrogen) atoms. The molecule has 0 spiro atoms. The molecule has 0 radical (unpaired) electrons. The number of rotatable bonds is 12. The molecule has 0 saturated carbocycles. The second kappa shape index (κ2) is 15.6. The summed E-state index contributed by atoms with van der Waals surface area (Å²) in [5, 5.41) is 8.33. The second-order valence-electron chi connectivity index (χ2n) is 13.2. The summed E-state index contributed by atoms with van der Waals surface area (Å²) in [5.74, 6) is -1.40. The first-order chi connectivity index (χ1) is 26.2. The number of carbonyl (C=O) groups is 3. The van der Waals surface area contributed by atoms with E-state index >= 15 is 0 Å². The molecule has 286 valence electrons. The minimum absolute atomic E-state index is 0.148. The van der Waals surface area contributed by atoms with E-state index in [1.54, 1.807) is 69.4 Å². The summed E-state index contributed by atoms with van der Waals surface area (Å²) in [7, 11) is -1.42. The number of fused-ring (bicyclic) bond motifs is 2. The quantitative estimate of drug-likeness (QED) is 0.131. The van der Waals surface area contributed by atoms with E-state index in [-0.39, 0.29) is 40.9 Å². The standard InChI is InChI=1S/C39H39FN6O8S/c1-21(2)33(44-39(49)52-5)37(48)43-22(3)20-46(55(6,50)51)29-19-31-28(32(36(47)41-4)34(53-31)23-12-14-26(40)15-13-23)18-27(29)24-9-7-10-25(17-24)38-45-35-30(54-38)11-8-16-42-35/h7-19,21-22,33H,20H2,1-6H3,(H,41,47)(H,43,48)(H,44,49). The van der Waals surface area contributed by atoms with Crippen LogP contribution in [0.15, 0.2) is 87.8 Å². The highest BCUT2D eigenvalue weighted by molar-refractivity contribution is 7.92. The number of benzene rings is 3. The van der Waals surface area contributed by atoms with Gasteiger partial charge in [-0.15, -0.1) is 0 Å². The SMILES string of the molecule is CNC(=O)c1c(-c2ccc(F)cc2)oc2cc(N(CC(C)NC(=O)C(NC(=O)OC)C(C)C)S(C)(=O)=O)c(-c3cccc(-c4nc5ncccc5o4)c3)cc12. The van der Waals surface area contributed by atoms with Crippen molar-refractivity contribution in [2.75, 3.05) is 31.3 Å². The van der Waals surface area contributed by atoms with E-state index in [4.69, 9.17) is 8.83 Å². The minimum atomic E-state index is -4.08. The number of nitrogens with one attached hydrogen (secondary N) is 3. The number of hydrogen-bond acceptors (Lipinski definition) is 10. The predicted octanol–water partition coefficient (Wildman–Crippen LogP) is 6.12. The maximum absolute atomic E-state index is 13.9. The predicted molar refractivity (Wildman–Crippen MR) is 205 cm³/mol. The first-order valence-corrected chi connectivity index (χ1v) is 19.1.